The molecule has 1 heterocycles. The van der Waals surface area contributed by atoms with Gasteiger partial charge in [-0.25, -0.2) is 4.39 Å². The quantitative estimate of drug-likeness (QED) is 0.775. The van der Waals surface area contributed by atoms with E-state index in [1.165, 1.54) is 12.1 Å². The summed E-state index contributed by atoms with van der Waals surface area (Å²) in [6.45, 7) is 3.47. The fraction of sp³-hybridized carbons (Fsp3) is 0.316. The molecule has 1 saturated heterocycles. The van der Waals surface area contributed by atoms with Crippen molar-refractivity contribution < 1.29 is 13.9 Å². The monoisotopic (exact) mass is 406 g/mol. The maximum Gasteiger partial charge on any atom is 0.256 e. The van der Waals surface area contributed by atoms with Gasteiger partial charge in [-0.05, 0) is 29.8 Å². The Balaban J connectivity index is 1.80. The van der Waals surface area contributed by atoms with Crippen LogP contribution >= 0.6 is 15.9 Å². The molecule has 0 aromatic heterocycles. The molecule has 0 unspecified atom stereocenters. The van der Waals surface area contributed by atoms with Gasteiger partial charge in [-0.2, -0.15) is 0 Å². The number of hydrogen-bond acceptors (Lipinski definition) is 3. The summed E-state index contributed by atoms with van der Waals surface area (Å²) in [5.41, 5.74) is 2.21. The second-order valence-electron chi connectivity index (χ2n) is 6.01. The first kappa shape index (κ1) is 17.9. The summed E-state index contributed by atoms with van der Waals surface area (Å²) < 4.78 is 20.1. The maximum absolute atomic E-state index is 14.0. The van der Waals surface area contributed by atoms with E-state index in [0.29, 0.717) is 24.2 Å². The minimum Gasteiger partial charge on any atom is -0.378 e. The van der Waals surface area contributed by atoms with Crippen LogP contribution in [0.1, 0.15) is 15.9 Å². The fourth-order valence-corrected chi connectivity index (χ4v) is 3.31. The van der Waals surface area contributed by atoms with E-state index < -0.39 is 5.82 Å². The van der Waals surface area contributed by atoms with E-state index in [4.69, 9.17) is 4.74 Å². The summed E-state index contributed by atoms with van der Waals surface area (Å²) >= 11 is 3.29. The first-order chi connectivity index (χ1) is 12.1. The van der Waals surface area contributed by atoms with E-state index in [9.17, 15) is 9.18 Å². The number of nitrogens with zero attached hydrogens (tertiary/aromatic N) is 2. The van der Waals surface area contributed by atoms with Crippen LogP contribution in [0.2, 0.25) is 0 Å². The lowest BCUT2D eigenvalue weighted by Crippen LogP contribution is -2.37. The Morgan fingerprint density at radius 2 is 1.96 bits per heavy atom. The Bertz CT molecular complexity index is 763. The fourth-order valence-electron chi connectivity index (χ4n) is 2.95. The van der Waals surface area contributed by atoms with Crippen molar-refractivity contribution in [1.82, 2.24) is 4.90 Å². The molecule has 0 spiro atoms. The summed E-state index contributed by atoms with van der Waals surface area (Å²) in [6, 6.07) is 12.4. The number of halogens is 2. The van der Waals surface area contributed by atoms with Crippen LogP contribution in [0.4, 0.5) is 10.1 Å². The van der Waals surface area contributed by atoms with Crippen molar-refractivity contribution in [3.8, 4) is 0 Å². The van der Waals surface area contributed by atoms with Crippen molar-refractivity contribution in [2.75, 3.05) is 38.3 Å². The number of carbonyl (C=O) groups is 1. The van der Waals surface area contributed by atoms with Gasteiger partial charge >= 0.3 is 0 Å². The first-order valence-electron chi connectivity index (χ1n) is 8.17. The summed E-state index contributed by atoms with van der Waals surface area (Å²) in [7, 11) is 1.69. The molecule has 4 nitrogen and oxygen atoms in total. The topological polar surface area (TPSA) is 32.8 Å². The van der Waals surface area contributed by atoms with Crippen molar-refractivity contribution in [1.29, 1.82) is 0 Å². The molecule has 1 aliphatic heterocycles. The average Bonchev–Trinajstić information content (AvgIpc) is 2.64. The van der Waals surface area contributed by atoms with Gasteiger partial charge in [0.2, 0.25) is 0 Å². The minimum atomic E-state index is -0.512. The van der Waals surface area contributed by atoms with Gasteiger partial charge in [0.05, 0.1) is 18.8 Å². The lowest BCUT2D eigenvalue weighted by atomic mass is 10.1. The van der Waals surface area contributed by atoms with Crippen LogP contribution in [0.5, 0.6) is 0 Å². The molecule has 6 heteroatoms. The van der Waals surface area contributed by atoms with Gasteiger partial charge in [0.25, 0.3) is 5.91 Å². The summed E-state index contributed by atoms with van der Waals surface area (Å²) in [5.74, 6) is -0.850. The van der Waals surface area contributed by atoms with Crippen molar-refractivity contribution in [2.45, 2.75) is 6.54 Å². The van der Waals surface area contributed by atoms with Crippen LogP contribution in [0.25, 0.3) is 0 Å². The van der Waals surface area contributed by atoms with Gasteiger partial charge in [0, 0.05) is 36.8 Å². The third kappa shape index (κ3) is 4.19. The molecule has 0 N–H and O–H groups in total. The van der Waals surface area contributed by atoms with Gasteiger partial charge in [-0.15, -0.1) is 0 Å². The third-order valence-electron chi connectivity index (χ3n) is 4.26. The second kappa shape index (κ2) is 7.97. The first-order valence-corrected chi connectivity index (χ1v) is 8.96. The number of benzene rings is 2. The number of para-hydroxylation sites is 1. The number of ether oxygens (including phenoxy) is 1. The highest BCUT2D eigenvalue weighted by atomic mass is 79.9. The van der Waals surface area contributed by atoms with Gasteiger partial charge < -0.3 is 14.5 Å². The molecule has 2 aromatic carbocycles. The molecule has 1 amide bonds. The van der Waals surface area contributed by atoms with Gasteiger partial charge in [0.1, 0.15) is 5.82 Å². The Morgan fingerprint density at radius 3 is 2.72 bits per heavy atom. The standard InChI is InChI=1S/C19H20BrFN2O2/c1-22(19(24)16-12-15(20)6-7-17(16)21)13-14-4-2-3-5-18(14)23-8-10-25-11-9-23/h2-7,12H,8-11,13H2,1H3. The molecule has 1 fully saturated rings. The largest absolute Gasteiger partial charge is 0.378 e. The number of carbonyl (C=O) groups excluding carboxylic acids is 1. The molecule has 0 atom stereocenters. The van der Waals surface area contributed by atoms with E-state index >= 15 is 0 Å². The number of amides is 1. The molecule has 2 aromatic rings. The molecule has 25 heavy (non-hydrogen) atoms. The van der Waals surface area contributed by atoms with Gasteiger partial charge in [-0.1, -0.05) is 34.1 Å². The summed E-state index contributed by atoms with van der Waals surface area (Å²) in [6.07, 6.45) is 0. The van der Waals surface area contributed by atoms with E-state index in [2.05, 4.69) is 26.9 Å². The molecule has 0 aliphatic carbocycles. The van der Waals surface area contributed by atoms with Crippen LogP contribution in [0.15, 0.2) is 46.9 Å². The van der Waals surface area contributed by atoms with Crippen LogP contribution in [-0.4, -0.2) is 44.2 Å². The Labute approximate surface area is 155 Å². The lowest BCUT2D eigenvalue weighted by Gasteiger charge is -2.31. The SMILES string of the molecule is CN(Cc1ccccc1N1CCOCC1)C(=O)c1cc(Br)ccc1F. The number of anilines is 1. The van der Waals surface area contributed by atoms with Gasteiger partial charge in [0.15, 0.2) is 0 Å². The molecular formula is C19H20BrFN2O2. The van der Waals surface area contributed by atoms with Crippen molar-refractivity contribution in [2.24, 2.45) is 0 Å². The van der Waals surface area contributed by atoms with E-state index in [-0.39, 0.29) is 11.5 Å². The Hall–Kier alpha value is -1.92. The van der Waals surface area contributed by atoms with Crippen LogP contribution in [0, 0.1) is 5.82 Å². The molecule has 0 bridgehead atoms. The zero-order chi connectivity index (χ0) is 17.8. The second-order valence-corrected chi connectivity index (χ2v) is 6.93. The Morgan fingerprint density at radius 1 is 1.24 bits per heavy atom. The number of hydrogen-bond donors (Lipinski definition) is 0. The van der Waals surface area contributed by atoms with Crippen molar-refractivity contribution >= 4 is 27.5 Å². The van der Waals surface area contributed by atoms with Crippen molar-refractivity contribution in [3.63, 3.8) is 0 Å². The third-order valence-corrected chi connectivity index (χ3v) is 4.75. The van der Waals surface area contributed by atoms with Crippen LogP contribution < -0.4 is 4.90 Å². The summed E-state index contributed by atoms with van der Waals surface area (Å²) in [5, 5.41) is 0. The zero-order valence-electron chi connectivity index (χ0n) is 14.0. The molecule has 0 radical (unpaired) electrons. The predicted molar refractivity (Wildman–Crippen MR) is 99.4 cm³/mol. The maximum atomic E-state index is 14.0. The van der Waals surface area contributed by atoms with Gasteiger partial charge in [-0.3, -0.25) is 4.79 Å². The molecule has 132 valence electrons. The smallest absolute Gasteiger partial charge is 0.256 e. The zero-order valence-corrected chi connectivity index (χ0v) is 15.6. The highest BCUT2D eigenvalue weighted by Gasteiger charge is 2.20. The normalized spacial score (nSPS) is 14.4. The highest BCUT2D eigenvalue weighted by molar-refractivity contribution is 9.10. The van der Waals surface area contributed by atoms with Crippen LogP contribution in [0.3, 0.4) is 0 Å². The molecular weight excluding hydrogens is 387 g/mol. The highest BCUT2D eigenvalue weighted by Crippen LogP contribution is 2.24. The Kier molecular flexibility index (Phi) is 5.71. The van der Waals surface area contributed by atoms with E-state index in [1.54, 1.807) is 18.0 Å². The molecule has 3 rings (SSSR count). The summed E-state index contributed by atoms with van der Waals surface area (Å²) in [4.78, 5) is 16.4. The van der Waals surface area contributed by atoms with E-state index in [0.717, 1.165) is 24.3 Å². The molecule has 0 saturated carbocycles. The molecule has 1 aliphatic rings. The minimum absolute atomic E-state index is 0.0701. The number of morpholine rings is 1. The average molecular weight is 407 g/mol. The van der Waals surface area contributed by atoms with Crippen LogP contribution in [-0.2, 0) is 11.3 Å². The number of rotatable bonds is 4. The van der Waals surface area contributed by atoms with E-state index in [1.807, 2.05) is 18.2 Å². The lowest BCUT2D eigenvalue weighted by molar-refractivity contribution is 0.0780. The van der Waals surface area contributed by atoms with Crippen molar-refractivity contribution in [3.05, 3.63) is 63.9 Å². The predicted octanol–water partition coefficient (Wildman–Crippen LogP) is 3.70.